The molecule has 0 atom stereocenters. The highest BCUT2D eigenvalue weighted by Crippen LogP contribution is 2.32. The minimum absolute atomic E-state index is 0.171. The monoisotopic (exact) mass is 537 g/mol. The molecule has 0 saturated heterocycles. The van der Waals surface area contributed by atoms with Crippen molar-refractivity contribution in [2.75, 3.05) is 46.9 Å². The van der Waals surface area contributed by atoms with Gasteiger partial charge in [0.2, 0.25) is 0 Å². The van der Waals surface area contributed by atoms with Crippen molar-refractivity contribution in [3.8, 4) is 0 Å². The number of carbonyl (C=O) groups excluding carboxylic acids is 1. The molecule has 7 nitrogen and oxygen atoms in total. The van der Waals surface area contributed by atoms with Crippen LogP contribution in [0.1, 0.15) is 38.8 Å². The highest BCUT2D eigenvalue weighted by molar-refractivity contribution is 6.37. The number of nitrogens with one attached hydrogen (secondary N) is 1. The molecule has 1 aromatic carbocycles. The highest BCUT2D eigenvalue weighted by atomic mass is 35.5. The van der Waals surface area contributed by atoms with Gasteiger partial charge in [-0.15, -0.1) is 0 Å². The fourth-order valence-electron chi connectivity index (χ4n) is 3.57. The lowest BCUT2D eigenvalue weighted by molar-refractivity contribution is -0.121. The van der Waals surface area contributed by atoms with Crippen molar-refractivity contribution in [1.82, 2.24) is 15.1 Å². The fourth-order valence-corrected chi connectivity index (χ4v) is 3.85. The van der Waals surface area contributed by atoms with Gasteiger partial charge in [-0.25, -0.2) is 4.99 Å². The molecule has 0 bridgehead atoms. The van der Waals surface area contributed by atoms with Gasteiger partial charge in [0.05, 0.1) is 13.2 Å². The van der Waals surface area contributed by atoms with Crippen LogP contribution in [0.2, 0.25) is 5.02 Å². The van der Waals surface area contributed by atoms with Gasteiger partial charge in [-0.2, -0.15) is 0 Å². The number of hydrogen-bond donors (Lipinski definition) is 1. The average molecular weight is 538 g/mol. The maximum absolute atomic E-state index is 13.5. The fraction of sp³-hybridized carbons (Fsp3) is 0.367. The van der Waals surface area contributed by atoms with Crippen LogP contribution in [-0.2, 0) is 9.53 Å². The molecule has 0 aliphatic carbocycles. The molecule has 0 spiro atoms. The van der Waals surface area contributed by atoms with Crippen LogP contribution in [0.25, 0.3) is 11.1 Å². The number of ether oxygens (including phenoxy) is 1. The molecule has 2 rings (SSSR count). The van der Waals surface area contributed by atoms with Gasteiger partial charge >= 0.3 is 0 Å². The summed E-state index contributed by atoms with van der Waals surface area (Å²) in [5.41, 5.74) is 4.63. The van der Waals surface area contributed by atoms with Crippen molar-refractivity contribution in [2.45, 2.75) is 27.7 Å². The third-order valence-electron chi connectivity index (χ3n) is 5.61. The number of amidine groups is 1. The average Bonchev–Trinajstić information content (AvgIpc) is 2.86. The number of nitrogens with zero attached hydrogens (tertiary/aromatic N) is 4. The SMILES string of the molecule is C=C(/N=C1\C(=C/C)C=C(c2ccc(C(=C)C=NC=C(C)C)cc2Cl)C(=O)N1CC)NCCOCCN(C)C. The van der Waals surface area contributed by atoms with E-state index in [2.05, 4.69) is 33.4 Å². The predicted molar refractivity (Wildman–Crippen MR) is 161 cm³/mol. The first kappa shape index (κ1) is 31.0. The Hall–Kier alpha value is -3.26. The molecule has 1 heterocycles. The second-order valence-corrected chi connectivity index (χ2v) is 9.69. The molecule has 1 aliphatic heterocycles. The summed E-state index contributed by atoms with van der Waals surface area (Å²) in [7, 11) is 4.01. The molecule has 0 aromatic heterocycles. The van der Waals surface area contributed by atoms with Crippen molar-refractivity contribution >= 4 is 40.7 Å². The van der Waals surface area contributed by atoms with E-state index in [1.807, 2.05) is 72.1 Å². The van der Waals surface area contributed by atoms with E-state index in [1.54, 1.807) is 17.3 Å². The Balaban J connectivity index is 2.24. The Kier molecular flexibility index (Phi) is 12.4. The second kappa shape index (κ2) is 15.2. The number of hydrogen-bond acceptors (Lipinski definition) is 6. The van der Waals surface area contributed by atoms with Crippen LogP contribution in [0.5, 0.6) is 0 Å². The van der Waals surface area contributed by atoms with Crippen LogP contribution in [0, 0.1) is 0 Å². The maximum atomic E-state index is 13.5. The first-order chi connectivity index (χ1) is 18.1. The summed E-state index contributed by atoms with van der Waals surface area (Å²) >= 11 is 6.67. The van der Waals surface area contributed by atoms with Gasteiger partial charge in [-0.1, -0.05) is 48.5 Å². The minimum Gasteiger partial charge on any atom is -0.378 e. The van der Waals surface area contributed by atoms with Gasteiger partial charge in [0.15, 0.2) is 0 Å². The topological polar surface area (TPSA) is 69.5 Å². The van der Waals surface area contributed by atoms with E-state index >= 15 is 0 Å². The number of halogens is 1. The minimum atomic E-state index is -0.171. The molecule has 0 unspecified atom stereocenters. The number of amides is 1. The zero-order valence-electron chi connectivity index (χ0n) is 23.5. The van der Waals surface area contributed by atoms with Crippen LogP contribution >= 0.6 is 11.6 Å². The van der Waals surface area contributed by atoms with Gasteiger partial charge in [-0.3, -0.25) is 14.7 Å². The van der Waals surface area contributed by atoms with Gasteiger partial charge in [0.1, 0.15) is 11.7 Å². The van der Waals surface area contributed by atoms with E-state index in [-0.39, 0.29) is 5.91 Å². The highest BCUT2D eigenvalue weighted by Gasteiger charge is 2.30. The molecule has 1 aromatic rings. The molecule has 1 amide bonds. The Labute approximate surface area is 232 Å². The molecule has 1 N–H and O–H groups in total. The number of aliphatic imine (C=N–C) groups is 2. The summed E-state index contributed by atoms with van der Waals surface area (Å²) in [5.74, 6) is 0.843. The van der Waals surface area contributed by atoms with E-state index in [4.69, 9.17) is 16.3 Å². The van der Waals surface area contributed by atoms with Crippen LogP contribution in [0.15, 0.2) is 76.7 Å². The third-order valence-corrected chi connectivity index (χ3v) is 5.92. The molecular formula is C30H40ClN5O2. The van der Waals surface area contributed by atoms with E-state index in [0.717, 1.165) is 28.8 Å². The zero-order valence-corrected chi connectivity index (χ0v) is 24.2. The lowest BCUT2D eigenvalue weighted by Gasteiger charge is -2.30. The summed E-state index contributed by atoms with van der Waals surface area (Å²) in [5, 5.41) is 3.63. The Bertz CT molecular complexity index is 1190. The summed E-state index contributed by atoms with van der Waals surface area (Å²) < 4.78 is 5.61. The van der Waals surface area contributed by atoms with Gasteiger partial charge in [0, 0.05) is 53.8 Å². The lowest BCUT2D eigenvalue weighted by Crippen LogP contribution is -2.41. The molecule has 0 radical (unpaired) electrons. The molecule has 204 valence electrons. The van der Waals surface area contributed by atoms with Crippen molar-refractivity contribution in [1.29, 1.82) is 0 Å². The number of allylic oxidation sites excluding steroid dienone is 3. The van der Waals surface area contributed by atoms with Crippen molar-refractivity contribution in [3.63, 3.8) is 0 Å². The molecule has 1 aliphatic rings. The Morgan fingerprint density at radius 1 is 1.24 bits per heavy atom. The van der Waals surface area contributed by atoms with Crippen LogP contribution in [0.3, 0.4) is 0 Å². The quantitative estimate of drug-likeness (QED) is 0.263. The summed E-state index contributed by atoms with van der Waals surface area (Å²) in [4.78, 5) is 26.2. The zero-order chi connectivity index (χ0) is 28.2. The molecular weight excluding hydrogens is 498 g/mol. The Morgan fingerprint density at radius 2 is 1.97 bits per heavy atom. The smallest absolute Gasteiger partial charge is 0.260 e. The number of likely N-dealkylation sites (N-methyl/N-ethyl adjacent to an activating group) is 2. The van der Waals surface area contributed by atoms with E-state index in [1.165, 1.54) is 0 Å². The van der Waals surface area contributed by atoms with Crippen LogP contribution in [0.4, 0.5) is 0 Å². The van der Waals surface area contributed by atoms with Gasteiger partial charge < -0.3 is 15.0 Å². The summed E-state index contributed by atoms with van der Waals surface area (Å²) in [6, 6.07) is 5.55. The van der Waals surface area contributed by atoms with Crippen LogP contribution in [-0.4, -0.2) is 74.7 Å². The first-order valence-corrected chi connectivity index (χ1v) is 13.1. The molecule has 8 heteroatoms. The van der Waals surface area contributed by atoms with Crippen molar-refractivity contribution in [2.24, 2.45) is 9.98 Å². The maximum Gasteiger partial charge on any atom is 0.260 e. The predicted octanol–water partition coefficient (Wildman–Crippen LogP) is 5.58. The largest absolute Gasteiger partial charge is 0.378 e. The second-order valence-electron chi connectivity index (χ2n) is 9.28. The van der Waals surface area contributed by atoms with Gasteiger partial charge in [-0.05, 0) is 65.1 Å². The summed E-state index contributed by atoms with van der Waals surface area (Å²) in [6.07, 6.45) is 7.22. The van der Waals surface area contributed by atoms with Crippen LogP contribution < -0.4 is 5.32 Å². The van der Waals surface area contributed by atoms with E-state index < -0.39 is 0 Å². The summed E-state index contributed by atoms with van der Waals surface area (Å²) in [6.45, 7) is 18.9. The normalized spacial score (nSPS) is 15.9. The number of carbonyl (C=O) groups is 1. The standard InChI is InChI=1S/C30H40ClN5O2/c1-9-24-17-27(26-12-11-25(18-28(26)31)22(5)20-32-19-21(3)4)30(37)36(10-2)29(24)34-23(6)33-13-15-38-16-14-35(7)8/h9,11-12,17-20,33H,5-6,10,13-16H2,1-4,7-8H3/b24-9-,32-20?,34-29+. The third kappa shape index (κ3) is 8.94. The van der Waals surface area contributed by atoms with E-state index in [9.17, 15) is 4.79 Å². The molecule has 38 heavy (non-hydrogen) atoms. The van der Waals surface area contributed by atoms with Gasteiger partial charge in [0.25, 0.3) is 5.91 Å². The molecule has 0 fully saturated rings. The lowest BCUT2D eigenvalue weighted by atomic mass is 9.95. The number of rotatable bonds is 13. The number of benzene rings is 1. The molecule has 0 saturated carbocycles. The first-order valence-electron chi connectivity index (χ1n) is 12.7. The van der Waals surface area contributed by atoms with Crippen molar-refractivity contribution < 1.29 is 9.53 Å². The van der Waals surface area contributed by atoms with E-state index in [0.29, 0.717) is 54.1 Å². The van der Waals surface area contributed by atoms with Crippen molar-refractivity contribution in [3.05, 3.63) is 82.8 Å². The Morgan fingerprint density at radius 3 is 2.58 bits per heavy atom.